The van der Waals surface area contributed by atoms with E-state index in [1.807, 2.05) is 12.1 Å². The number of fused-ring (bicyclic) bond motifs is 1. The van der Waals surface area contributed by atoms with Crippen LogP contribution in [-0.4, -0.2) is 19.2 Å². The summed E-state index contributed by atoms with van der Waals surface area (Å²) < 4.78 is 16.5. The molecule has 0 aliphatic heterocycles. The zero-order chi connectivity index (χ0) is 20.4. The molecule has 0 spiro atoms. The molecule has 6 heteroatoms. The van der Waals surface area contributed by atoms with E-state index in [1.54, 1.807) is 24.3 Å². The molecule has 1 heterocycles. The summed E-state index contributed by atoms with van der Waals surface area (Å²) in [5.41, 5.74) is 0.982. The molecule has 2 aromatic carbocycles. The molecule has 3 aromatic rings. The van der Waals surface area contributed by atoms with E-state index in [0.717, 1.165) is 31.1 Å². The lowest BCUT2D eigenvalue weighted by Crippen LogP contribution is -2.21. The van der Waals surface area contributed by atoms with Crippen molar-refractivity contribution in [2.24, 2.45) is 0 Å². The number of methoxy groups -OCH3 is 1. The third kappa shape index (κ3) is 4.01. The summed E-state index contributed by atoms with van der Waals surface area (Å²) in [4.78, 5) is 25.2. The molecule has 1 aliphatic rings. The second kappa shape index (κ2) is 8.29. The van der Waals surface area contributed by atoms with Gasteiger partial charge in [-0.05, 0) is 49.9 Å². The average molecular weight is 413 g/mol. The molecule has 0 radical (unpaired) electrons. The smallest absolute Gasteiger partial charge is 0.344 e. The number of carbonyl (C=O) groups is 1. The monoisotopic (exact) mass is 412 g/mol. The highest BCUT2D eigenvalue weighted by molar-refractivity contribution is 6.33. The fraction of sp³-hybridized carbons (Fsp3) is 0.304. The number of rotatable bonds is 4. The van der Waals surface area contributed by atoms with Crippen LogP contribution in [0.3, 0.4) is 0 Å². The molecule has 150 valence electrons. The first-order valence-corrected chi connectivity index (χ1v) is 10.1. The third-order valence-corrected chi connectivity index (χ3v) is 5.58. The van der Waals surface area contributed by atoms with E-state index in [4.69, 9.17) is 25.5 Å². The first-order chi connectivity index (χ1) is 14.1. The predicted molar refractivity (Wildman–Crippen MR) is 112 cm³/mol. The van der Waals surface area contributed by atoms with Gasteiger partial charge >= 0.3 is 11.6 Å². The summed E-state index contributed by atoms with van der Waals surface area (Å²) in [5.74, 6) is -0.162. The van der Waals surface area contributed by atoms with Crippen molar-refractivity contribution in [1.82, 2.24) is 0 Å². The number of esters is 1. The Balaban J connectivity index is 1.72. The highest BCUT2D eigenvalue weighted by atomic mass is 35.5. The number of hydrogen-bond acceptors (Lipinski definition) is 5. The average Bonchev–Trinajstić information content (AvgIpc) is 2.74. The number of benzene rings is 2. The van der Waals surface area contributed by atoms with E-state index in [0.29, 0.717) is 22.5 Å². The maximum absolute atomic E-state index is 12.7. The van der Waals surface area contributed by atoms with Crippen LogP contribution in [0, 0.1) is 0 Å². The van der Waals surface area contributed by atoms with Gasteiger partial charge < -0.3 is 13.9 Å². The molecule has 1 aromatic heterocycles. The van der Waals surface area contributed by atoms with Crippen LogP contribution in [0.4, 0.5) is 0 Å². The number of hydrogen-bond donors (Lipinski definition) is 0. The quantitative estimate of drug-likeness (QED) is 0.411. The molecule has 1 saturated carbocycles. The van der Waals surface area contributed by atoms with E-state index in [1.165, 1.54) is 19.6 Å². The van der Waals surface area contributed by atoms with Gasteiger partial charge in [-0.3, -0.25) is 0 Å². The Bertz CT molecular complexity index is 1110. The van der Waals surface area contributed by atoms with Crippen molar-refractivity contribution in [3.05, 3.63) is 63.5 Å². The largest absolute Gasteiger partial charge is 0.496 e. The molecule has 0 bridgehead atoms. The Morgan fingerprint density at radius 1 is 1.07 bits per heavy atom. The van der Waals surface area contributed by atoms with E-state index in [9.17, 15) is 9.59 Å². The van der Waals surface area contributed by atoms with Gasteiger partial charge in [0.15, 0.2) is 0 Å². The SMILES string of the molecule is COc1cc(-c2cc3ccccc3oc2=O)c(Cl)cc1C(=O)OC1CCCCC1. The number of ether oxygens (including phenoxy) is 2. The summed E-state index contributed by atoms with van der Waals surface area (Å²) in [6, 6.07) is 12.0. The zero-order valence-corrected chi connectivity index (χ0v) is 16.8. The molecule has 0 amide bonds. The first-order valence-electron chi connectivity index (χ1n) is 9.68. The van der Waals surface area contributed by atoms with Gasteiger partial charge in [-0.25, -0.2) is 9.59 Å². The molecule has 5 nitrogen and oxygen atoms in total. The minimum Gasteiger partial charge on any atom is -0.496 e. The van der Waals surface area contributed by atoms with E-state index in [-0.39, 0.29) is 16.7 Å². The molecular formula is C23H21ClO5. The fourth-order valence-electron chi connectivity index (χ4n) is 3.74. The zero-order valence-electron chi connectivity index (χ0n) is 16.1. The maximum atomic E-state index is 12.7. The van der Waals surface area contributed by atoms with Crippen molar-refractivity contribution in [2.75, 3.05) is 7.11 Å². The molecule has 1 aliphatic carbocycles. The molecule has 0 saturated heterocycles. The Hall–Kier alpha value is -2.79. The lowest BCUT2D eigenvalue weighted by Gasteiger charge is -2.22. The van der Waals surface area contributed by atoms with E-state index < -0.39 is 11.6 Å². The van der Waals surface area contributed by atoms with Gasteiger partial charge in [0.05, 0.1) is 12.7 Å². The Morgan fingerprint density at radius 3 is 2.59 bits per heavy atom. The summed E-state index contributed by atoms with van der Waals surface area (Å²) in [7, 11) is 1.47. The van der Waals surface area contributed by atoms with Crippen molar-refractivity contribution in [3.8, 4) is 16.9 Å². The van der Waals surface area contributed by atoms with Gasteiger partial charge in [0.2, 0.25) is 0 Å². The van der Waals surface area contributed by atoms with Gasteiger partial charge in [-0.1, -0.05) is 36.2 Å². The Kier molecular flexibility index (Phi) is 5.58. The van der Waals surface area contributed by atoms with Gasteiger partial charge in [-0.15, -0.1) is 0 Å². The standard InChI is InChI=1S/C23H21ClO5/c1-27-21-13-16(17-11-14-7-5-6-10-20(14)29-22(17)25)19(24)12-18(21)23(26)28-15-8-3-2-4-9-15/h5-7,10-13,15H,2-4,8-9H2,1H3. The fourth-order valence-corrected chi connectivity index (χ4v) is 4.00. The van der Waals surface area contributed by atoms with Gasteiger partial charge in [0.1, 0.15) is 23.0 Å². The van der Waals surface area contributed by atoms with Crippen LogP contribution in [0.5, 0.6) is 5.75 Å². The van der Waals surface area contributed by atoms with Gasteiger partial charge in [0, 0.05) is 16.0 Å². The minimum absolute atomic E-state index is 0.0769. The van der Waals surface area contributed by atoms with Crippen LogP contribution >= 0.6 is 11.6 Å². The van der Waals surface area contributed by atoms with Crippen molar-refractivity contribution >= 4 is 28.5 Å². The molecular weight excluding hydrogens is 392 g/mol. The number of halogens is 1. The Labute approximate surface area is 173 Å². The van der Waals surface area contributed by atoms with Crippen LogP contribution in [0.15, 0.2) is 51.7 Å². The lowest BCUT2D eigenvalue weighted by molar-refractivity contribution is 0.0208. The molecule has 0 atom stereocenters. The van der Waals surface area contributed by atoms with Crippen LogP contribution in [0.25, 0.3) is 22.1 Å². The molecule has 0 unspecified atom stereocenters. The van der Waals surface area contributed by atoms with Crippen LogP contribution < -0.4 is 10.4 Å². The van der Waals surface area contributed by atoms with E-state index >= 15 is 0 Å². The van der Waals surface area contributed by atoms with Crippen LogP contribution in [0.2, 0.25) is 5.02 Å². The number of para-hydroxylation sites is 1. The molecule has 0 N–H and O–H groups in total. The van der Waals surface area contributed by atoms with E-state index in [2.05, 4.69) is 0 Å². The van der Waals surface area contributed by atoms with Crippen molar-refractivity contribution < 1.29 is 18.7 Å². The second-order valence-corrected chi connectivity index (χ2v) is 7.59. The predicted octanol–water partition coefficient (Wildman–Crippen LogP) is 5.61. The molecule has 4 rings (SSSR count). The molecule has 29 heavy (non-hydrogen) atoms. The Morgan fingerprint density at radius 2 is 1.83 bits per heavy atom. The molecule has 1 fully saturated rings. The van der Waals surface area contributed by atoms with Crippen molar-refractivity contribution in [2.45, 2.75) is 38.2 Å². The van der Waals surface area contributed by atoms with Gasteiger partial charge in [0.25, 0.3) is 0 Å². The van der Waals surface area contributed by atoms with Crippen LogP contribution in [-0.2, 0) is 4.74 Å². The van der Waals surface area contributed by atoms with Crippen molar-refractivity contribution in [3.63, 3.8) is 0 Å². The van der Waals surface area contributed by atoms with Gasteiger partial charge in [-0.2, -0.15) is 0 Å². The second-order valence-electron chi connectivity index (χ2n) is 7.18. The normalized spacial score (nSPS) is 14.7. The van der Waals surface area contributed by atoms with Crippen LogP contribution in [0.1, 0.15) is 42.5 Å². The topological polar surface area (TPSA) is 65.7 Å². The number of carbonyl (C=O) groups excluding carboxylic acids is 1. The highest BCUT2D eigenvalue weighted by Crippen LogP contribution is 2.35. The minimum atomic E-state index is -0.509. The summed E-state index contributed by atoms with van der Waals surface area (Å²) >= 11 is 6.46. The lowest BCUT2D eigenvalue weighted by atomic mass is 9.97. The summed E-state index contributed by atoms with van der Waals surface area (Å²) in [6.07, 6.45) is 4.97. The third-order valence-electron chi connectivity index (χ3n) is 5.27. The van der Waals surface area contributed by atoms with Crippen molar-refractivity contribution in [1.29, 1.82) is 0 Å². The summed E-state index contributed by atoms with van der Waals surface area (Å²) in [6.45, 7) is 0. The highest BCUT2D eigenvalue weighted by Gasteiger charge is 2.23. The first kappa shape index (κ1) is 19.5. The maximum Gasteiger partial charge on any atom is 0.344 e. The summed E-state index contributed by atoms with van der Waals surface area (Å²) in [5, 5.41) is 1.03.